The molecule has 1 aromatic rings. The van der Waals surface area contributed by atoms with Gasteiger partial charge in [-0.15, -0.1) is 0 Å². The number of hydrogen-bond donors (Lipinski definition) is 0. The van der Waals surface area contributed by atoms with Gasteiger partial charge in [-0.3, -0.25) is 0 Å². The molecule has 0 bridgehead atoms. The Morgan fingerprint density at radius 1 is 1.00 bits per heavy atom. The number of hydrogen-bond acceptors (Lipinski definition) is 1. The van der Waals surface area contributed by atoms with Crippen LogP contribution in [0.3, 0.4) is 0 Å². The van der Waals surface area contributed by atoms with E-state index in [0.29, 0.717) is 0 Å². The lowest BCUT2D eigenvalue weighted by atomic mass is 10.1. The van der Waals surface area contributed by atoms with Gasteiger partial charge < -0.3 is 4.74 Å². The Kier molecular flexibility index (Phi) is 8.16. The third-order valence-corrected chi connectivity index (χ3v) is 3.31. The lowest BCUT2D eigenvalue weighted by Gasteiger charge is -2.06. The maximum Gasteiger partial charge on any atom is 0.119 e. The number of alkyl halides is 1. The molecule has 0 aliphatic rings. The Morgan fingerprint density at radius 3 is 2.35 bits per heavy atom. The van der Waals surface area contributed by atoms with Crippen molar-refractivity contribution in [3.63, 3.8) is 0 Å². The predicted octanol–water partition coefficient (Wildman–Crippen LogP) is 4.97. The minimum Gasteiger partial charge on any atom is -0.494 e. The van der Waals surface area contributed by atoms with Crippen molar-refractivity contribution < 1.29 is 4.74 Å². The summed E-state index contributed by atoms with van der Waals surface area (Å²) in [7, 11) is 0. The zero-order valence-corrected chi connectivity index (χ0v) is 12.3. The number of aryl methyl sites for hydroxylation is 1. The molecule has 0 unspecified atom stereocenters. The fraction of sp³-hybridized carbons (Fsp3) is 0.600. The third-order valence-electron chi connectivity index (χ3n) is 2.75. The minimum absolute atomic E-state index is 0.811. The largest absolute Gasteiger partial charge is 0.494 e. The van der Waals surface area contributed by atoms with E-state index >= 15 is 0 Å². The van der Waals surface area contributed by atoms with Crippen molar-refractivity contribution in [2.75, 3.05) is 11.9 Å². The molecule has 2 heteroatoms. The molecule has 0 aliphatic carbocycles. The van der Waals surface area contributed by atoms with Gasteiger partial charge in [0.2, 0.25) is 0 Å². The first-order chi connectivity index (χ1) is 8.36. The van der Waals surface area contributed by atoms with E-state index in [4.69, 9.17) is 4.74 Å². The van der Waals surface area contributed by atoms with Gasteiger partial charge in [0.25, 0.3) is 0 Å². The highest BCUT2D eigenvalue weighted by Crippen LogP contribution is 2.14. The van der Waals surface area contributed by atoms with Crippen LogP contribution in [-0.4, -0.2) is 11.9 Å². The molecule has 0 spiro atoms. The topological polar surface area (TPSA) is 9.23 Å². The van der Waals surface area contributed by atoms with Crippen molar-refractivity contribution in [2.24, 2.45) is 0 Å². The van der Waals surface area contributed by atoms with Crippen LogP contribution in [0.25, 0.3) is 0 Å². The highest BCUT2D eigenvalue weighted by atomic mass is 79.9. The Bertz CT molecular complexity index is 281. The van der Waals surface area contributed by atoms with Crippen molar-refractivity contribution in [3.8, 4) is 5.75 Å². The molecular weight excluding hydrogens is 276 g/mol. The predicted molar refractivity (Wildman–Crippen MR) is 78.2 cm³/mol. The molecule has 0 N–H and O–H groups in total. The normalized spacial score (nSPS) is 10.5. The maximum atomic E-state index is 5.56. The second-order valence-corrected chi connectivity index (χ2v) is 5.14. The highest BCUT2D eigenvalue weighted by Gasteiger charge is 1.96. The van der Waals surface area contributed by atoms with Gasteiger partial charge in [0, 0.05) is 5.33 Å². The van der Waals surface area contributed by atoms with E-state index in [0.717, 1.165) is 24.1 Å². The van der Waals surface area contributed by atoms with Gasteiger partial charge in [-0.05, 0) is 43.4 Å². The zero-order chi connectivity index (χ0) is 12.3. The molecule has 0 radical (unpaired) electrons. The van der Waals surface area contributed by atoms with Crippen LogP contribution in [0.2, 0.25) is 0 Å². The summed E-state index contributed by atoms with van der Waals surface area (Å²) in [5.74, 6) is 0.995. The average Bonchev–Trinajstić information content (AvgIpc) is 2.37. The lowest BCUT2D eigenvalue weighted by Crippen LogP contribution is -1.95. The van der Waals surface area contributed by atoms with Crippen LogP contribution in [-0.2, 0) is 6.42 Å². The summed E-state index contributed by atoms with van der Waals surface area (Å²) in [6, 6.07) is 8.55. The van der Waals surface area contributed by atoms with Crippen molar-refractivity contribution in [3.05, 3.63) is 29.8 Å². The van der Waals surface area contributed by atoms with Crippen LogP contribution in [0.4, 0.5) is 0 Å². The number of halogens is 1. The SMILES string of the molecule is CCCOc1ccc(CCCCCCBr)cc1. The lowest BCUT2D eigenvalue weighted by molar-refractivity contribution is 0.317. The zero-order valence-electron chi connectivity index (χ0n) is 10.8. The van der Waals surface area contributed by atoms with Crippen LogP contribution in [0.15, 0.2) is 24.3 Å². The first kappa shape index (κ1) is 14.6. The second-order valence-electron chi connectivity index (χ2n) is 4.35. The molecule has 0 aliphatic heterocycles. The van der Waals surface area contributed by atoms with Crippen LogP contribution >= 0.6 is 15.9 Å². The molecule has 1 aromatic carbocycles. The Balaban J connectivity index is 2.20. The van der Waals surface area contributed by atoms with E-state index in [1.54, 1.807) is 0 Å². The standard InChI is InChI=1S/C15H23BrO/c1-2-13-17-15-10-8-14(9-11-15)7-5-3-4-6-12-16/h8-11H,2-7,12-13H2,1H3. The van der Waals surface area contributed by atoms with Gasteiger partial charge in [-0.1, -0.05) is 47.8 Å². The Hall–Kier alpha value is -0.500. The van der Waals surface area contributed by atoms with E-state index in [1.165, 1.54) is 37.7 Å². The summed E-state index contributed by atoms with van der Waals surface area (Å²) in [6.07, 6.45) is 7.51. The molecule has 0 atom stereocenters. The summed E-state index contributed by atoms with van der Waals surface area (Å²) in [5.41, 5.74) is 1.42. The van der Waals surface area contributed by atoms with E-state index < -0.39 is 0 Å². The number of ether oxygens (including phenoxy) is 1. The summed E-state index contributed by atoms with van der Waals surface area (Å²) >= 11 is 3.46. The fourth-order valence-electron chi connectivity index (χ4n) is 1.75. The van der Waals surface area contributed by atoms with Crippen LogP contribution < -0.4 is 4.74 Å². The van der Waals surface area contributed by atoms with E-state index in [-0.39, 0.29) is 0 Å². The second kappa shape index (κ2) is 9.52. The van der Waals surface area contributed by atoms with Gasteiger partial charge in [0.1, 0.15) is 5.75 Å². The molecular formula is C15H23BrO. The smallest absolute Gasteiger partial charge is 0.119 e. The Morgan fingerprint density at radius 2 is 1.71 bits per heavy atom. The van der Waals surface area contributed by atoms with Gasteiger partial charge in [-0.2, -0.15) is 0 Å². The molecule has 0 fully saturated rings. The molecule has 1 nitrogen and oxygen atoms in total. The van der Waals surface area contributed by atoms with E-state index in [1.807, 2.05) is 0 Å². The Labute approximate surface area is 114 Å². The van der Waals surface area contributed by atoms with E-state index in [2.05, 4.69) is 47.1 Å². The average molecular weight is 299 g/mol. The van der Waals surface area contributed by atoms with Gasteiger partial charge in [0.15, 0.2) is 0 Å². The van der Waals surface area contributed by atoms with Gasteiger partial charge in [-0.25, -0.2) is 0 Å². The minimum atomic E-state index is 0.811. The monoisotopic (exact) mass is 298 g/mol. The molecule has 0 saturated carbocycles. The summed E-state index contributed by atoms with van der Waals surface area (Å²) in [6.45, 7) is 2.94. The number of rotatable bonds is 9. The highest BCUT2D eigenvalue weighted by molar-refractivity contribution is 9.09. The summed E-state index contributed by atoms with van der Waals surface area (Å²) < 4.78 is 5.56. The molecule has 0 aromatic heterocycles. The van der Waals surface area contributed by atoms with Crippen molar-refractivity contribution in [2.45, 2.75) is 45.4 Å². The number of benzene rings is 1. The van der Waals surface area contributed by atoms with Crippen molar-refractivity contribution in [1.82, 2.24) is 0 Å². The van der Waals surface area contributed by atoms with Crippen molar-refractivity contribution in [1.29, 1.82) is 0 Å². The molecule has 0 heterocycles. The van der Waals surface area contributed by atoms with Crippen molar-refractivity contribution >= 4 is 15.9 Å². The molecule has 17 heavy (non-hydrogen) atoms. The molecule has 96 valence electrons. The quantitative estimate of drug-likeness (QED) is 0.462. The fourth-order valence-corrected chi connectivity index (χ4v) is 2.15. The third kappa shape index (κ3) is 6.72. The molecule has 0 saturated heterocycles. The molecule has 0 amide bonds. The van der Waals surface area contributed by atoms with E-state index in [9.17, 15) is 0 Å². The first-order valence-electron chi connectivity index (χ1n) is 6.64. The number of unbranched alkanes of at least 4 members (excludes halogenated alkanes) is 3. The molecule has 1 rings (SSSR count). The summed E-state index contributed by atoms with van der Waals surface area (Å²) in [5, 5.41) is 1.14. The van der Waals surface area contributed by atoms with Crippen LogP contribution in [0.1, 0.15) is 44.6 Å². The first-order valence-corrected chi connectivity index (χ1v) is 7.76. The van der Waals surface area contributed by atoms with Gasteiger partial charge in [0.05, 0.1) is 6.61 Å². The van der Waals surface area contributed by atoms with Crippen LogP contribution in [0.5, 0.6) is 5.75 Å². The van der Waals surface area contributed by atoms with Crippen LogP contribution in [0, 0.1) is 0 Å². The maximum absolute atomic E-state index is 5.56. The van der Waals surface area contributed by atoms with Gasteiger partial charge >= 0.3 is 0 Å². The summed E-state index contributed by atoms with van der Waals surface area (Å²) in [4.78, 5) is 0.